The highest BCUT2D eigenvalue weighted by Crippen LogP contribution is 2.41. The molecule has 1 spiro atoms. The Morgan fingerprint density at radius 3 is 2.73 bits per heavy atom. The topological polar surface area (TPSA) is 79.8 Å². The van der Waals surface area contributed by atoms with E-state index in [9.17, 15) is 4.79 Å². The number of halogens is 1. The van der Waals surface area contributed by atoms with Crippen molar-refractivity contribution >= 4 is 45.8 Å². The Morgan fingerprint density at radius 1 is 1.21 bits per heavy atom. The predicted octanol–water partition coefficient (Wildman–Crippen LogP) is 4.76. The number of benzene rings is 2. The molecule has 2 saturated heterocycles. The Morgan fingerprint density at radius 2 is 2.00 bits per heavy atom. The quantitative estimate of drug-likeness (QED) is 0.579. The summed E-state index contributed by atoms with van der Waals surface area (Å²) >= 11 is 6.29. The number of methoxy groups -OCH3 is 1. The molecule has 8 nitrogen and oxygen atoms in total. The molecule has 2 aromatic carbocycles. The third-order valence-electron chi connectivity index (χ3n) is 6.43. The molecule has 9 heteroatoms. The van der Waals surface area contributed by atoms with Crippen molar-refractivity contribution in [3.63, 3.8) is 0 Å². The number of nitrogens with one attached hydrogen (secondary N) is 1. The van der Waals surface area contributed by atoms with Crippen LogP contribution in [-0.4, -0.2) is 59.3 Å². The van der Waals surface area contributed by atoms with Gasteiger partial charge in [0.25, 0.3) is 0 Å². The summed E-state index contributed by atoms with van der Waals surface area (Å²) in [7, 11) is 1.58. The normalized spacial score (nSPS) is 17.5. The van der Waals surface area contributed by atoms with Gasteiger partial charge in [0.1, 0.15) is 17.9 Å². The number of rotatable bonds is 5. The van der Waals surface area contributed by atoms with Gasteiger partial charge in [-0.2, -0.15) is 0 Å². The second-order valence-electron chi connectivity index (χ2n) is 8.94. The average Bonchev–Trinajstić information content (AvgIpc) is 3.12. The predicted molar refractivity (Wildman–Crippen MR) is 129 cm³/mol. The SMILES string of the molecule is COc1cc2ncnc(Nc3cccc(Cl)c3C)c2cc1N1CC2(CN(C(C)C)C2)OC1=O. The highest BCUT2D eigenvalue weighted by atomic mass is 35.5. The van der Waals surface area contributed by atoms with E-state index in [0.717, 1.165) is 29.7 Å². The van der Waals surface area contributed by atoms with E-state index in [1.807, 2.05) is 37.3 Å². The monoisotopic (exact) mass is 467 g/mol. The molecule has 1 N–H and O–H groups in total. The lowest BCUT2D eigenvalue weighted by Gasteiger charge is -2.47. The first-order chi connectivity index (χ1) is 15.8. The van der Waals surface area contributed by atoms with E-state index < -0.39 is 5.60 Å². The Bertz CT molecular complexity index is 1240. The van der Waals surface area contributed by atoms with E-state index in [1.54, 1.807) is 12.0 Å². The number of aromatic nitrogens is 2. The van der Waals surface area contributed by atoms with Crippen molar-refractivity contribution < 1.29 is 14.3 Å². The van der Waals surface area contributed by atoms with Gasteiger partial charge in [-0.1, -0.05) is 17.7 Å². The Balaban J connectivity index is 1.52. The zero-order valence-electron chi connectivity index (χ0n) is 19.1. The Kier molecular flexibility index (Phi) is 5.29. The molecule has 2 aliphatic heterocycles. The standard InChI is InChI=1S/C24H26ClN5O3/c1-14(2)29-10-24(11-29)12-30(23(31)33-24)20-8-16-19(9-21(20)32-4)26-13-27-22(16)28-18-7-5-6-17(25)15(18)3/h5-9,13-14H,10-12H2,1-4H3,(H,26,27,28). The van der Waals surface area contributed by atoms with E-state index in [4.69, 9.17) is 21.1 Å². The average molecular weight is 468 g/mol. The third kappa shape index (κ3) is 3.73. The van der Waals surface area contributed by atoms with Crippen LogP contribution >= 0.6 is 11.6 Å². The number of carbonyl (C=O) groups excluding carboxylic acids is 1. The van der Waals surface area contributed by atoms with Crippen LogP contribution in [-0.2, 0) is 4.74 Å². The van der Waals surface area contributed by atoms with Crippen molar-refractivity contribution in [2.24, 2.45) is 0 Å². The molecule has 0 bridgehead atoms. The lowest BCUT2D eigenvalue weighted by Crippen LogP contribution is -2.65. The largest absolute Gasteiger partial charge is 0.494 e. The van der Waals surface area contributed by atoms with Crippen LogP contribution < -0.4 is 15.0 Å². The number of hydrogen-bond donors (Lipinski definition) is 1. The molecule has 3 aromatic rings. The van der Waals surface area contributed by atoms with Crippen LogP contribution in [0, 0.1) is 6.92 Å². The molecule has 1 aromatic heterocycles. The first-order valence-electron chi connectivity index (χ1n) is 10.9. The number of amides is 1. The summed E-state index contributed by atoms with van der Waals surface area (Å²) in [6.07, 6.45) is 1.13. The number of ether oxygens (including phenoxy) is 2. The van der Waals surface area contributed by atoms with Crippen molar-refractivity contribution in [2.45, 2.75) is 32.4 Å². The van der Waals surface area contributed by atoms with E-state index in [-0.39, 0.29) is 6.09 Å². The maximum atomic E-state index is 12.9. The summed E-state index contributed by atoms with van der Waals surface area (Å²) in [6, 6.07) is 9.79. The van der Waals surface area contributed by atoms with Gasteiger partial charge in [0.15, 0.2) is 5.60 Å². The summed E-state index contributed by atoms with van der Waals surface area (Å²) in [5.41, 5.74) is 2.63. The highest BCUT2D eigenvalue weighted by molar-refractivity contribution is 6.31. The Hall–Kier alpha value is -3.10. The highest BCUT2D eigenvalue weighted by Gasteiger charge is 2.54. The van der Waals surface area contributed by atoms with Crippen LogP contribution in [0.15, 0.2) is 36.7 Å². The van der Waals surface area contributed by atoms with Gasteiger partial charge in [0.05, 0.1) is 24.9 Å². The maximum absolute atomic E-state index is 12.9. The first-order valence-corrected chi connectivity index (χ1v) is 11.3. The van der Waals surface area contributed by atoms with E-state index >= 15 is 0 Å². The molecular weight excluding hydrogens is 442 g/mol. The fourth-order valence-corrected chi connectivity index (χ4v) is 4.62. The molecule has 2 fully saturated rings. The molecule has 0 atom stereocenters. The summed E-state index contributed by atoms with van der Waals surface area (Å²) < 4.78 is 11.5. The smallest absolute Gasteiger partial charge is 0.415 e. The molecule has 172 valence electrons. The summed E-state index contributed by atoms with van der Waals surface area (Å²) in [6.45, 7) is 8.16. The zero-order chi connectivity index (χ0) is 23.3. The number of hydrogen-bond acceptors (Lipinski definition) is 7. The summed E-state index contributed by atoms with van der Waals surface area (Å²) in [4.78, 5) is 25.7. The number of likely N-dealkylation sites (tertiary alicyclic amines) is 1. The Labute approximate surface area is 197 Å². The molecule has 0 unspecified atom stereocenters. The molecule has 2 aliphatic rings. The minimum atomic E-state index is -0.479. The molecule has 33 heavy (non-hydrogen) atoms. The number of anilines is 3. The van der Waals surface area contributed by atoms with Crippen LogP contribution in [0.4, 0.5) is 22.0 Å². The summed E-state index contributed by atoms with van der Waals surface area (Å²) in [5, 5.41) is 4.79. The van der Waals surface area contributed by atoms with Crippen molar-refractivity contribution in [2.75, 3.05) is 37.0 Å². The van der Waals surface area contributed by atoms with Gasteiger partial charge in [-0.3, -0.25) is 9.80 Å². The zero-order valence-corrected chi connectivity index (χ0v) is 19.8. The van der Waals surface area contributed by atoms with Crippen LogP contribution in [0.25, 0.3) is 10.9 Å². The van der Waals surface area contributed by atoms with Gasteiger partial charge in [-0.15, -0.1) is 0 Å². The second-order valence-corrected chi connectivity index (χ2v) is 9.34. The van der Waals surface area contributed by atoms with Crippen molar-refractivity contribution in [1.82, 2.24) is 14.9 Å². The lowest BCUT2D eigenvalue weighted by atomic mass is 9.92. The number of carbonyl (C=O) groups is 1. The molecule has 0 aliphatic carbocycles. The van der Waals surface area contributed by atoms with E-state index in [2.05, 4.69) is 34.0 Å². The van der Waals surface area contributed by atoms with Gasteiger partial charge < -0.3 is 14.8 Å². The molecule has 5 rings (SSSR count). The fourth-order valence-electron chi connectivity index (χ4n) is 4.45. The molecule has 0 saturated carbocycles. The first kappa shape index (κ1) is 21.7. The van der Waals surface area contributed by atoms with E-state index in [0.29, 0.717) is 40.4 Å². The van der Waals surface area contributed by atoms with Gasteiger partial charge in [-0.05, 0) is 44.5 Å². The van der Waals surface area contributed by atoms with Gasteiger partial charge >= 0.3 is 6.09 Å². The van der Waals surface area contributed by atoms with Crippen LogP contribution in [0.2, 0.25) is 5.02 Å². The van der Waals surface area contributed by atoms with Crippen molar-refractivity contribution in [3.8, 4) is 5.75 Å². The second kappa shape index (κ2) is 8.04. The van der Waals surface area contributed by atoms with Crippen molar-refractivity contribution in [1.29, 1.82) is 0 Å². The van der Waals surface area contributed by atoms with Crippen LogP contribution in [0.1, 0.15) is 19.4 Å². The minimum absolute atomic E-state index is 0.367. The molecule has 1 amide bonds. The van der Waals surface area contributed by atoms with Crippen LogP contribution in [0.3, 0.4) is 0 Å². The van der Waals surface area contributed by atoms with Gasteiger partial charge in [0, 0.05) is 41.3 Å². The van der Waals surface area contributed by atoms with Gasteiger partial charge in [0.2, 0.25) is 0 Å². The number of nitrogens with zero attached hydrogens (tertiary/aromatic N) is 4. The third-order valence-corrected chi connectivity index (χ3v) is 6.84. The van der Waals surface area contributed by atoms with Crippen molar-refractivity contribution in [3.05, 3.63) is 47.2 Å². The van der Waals surface area contributed by atoms with Gasteiger partial charge in [-0.25, -0.2) is 14.8 Å². The fraction of sp³-hybridized carbons (Fsp3) is 0.375. The number of fused-ring (bicyclic) bond motifs is 1. The summed E-state index contributed by atoms with van der Waals surface area (Å²) in [5.74, 6) is 1.17. The van der Waals surface area contributed by atoms with E-state index in [1.165, 1.54) is 6.33 Å². The lowest BCUT2D eigenvalue weighted by molar-refractivity contribution is -0.0856. The molecular formula is C24H26ClN5O3. The van der Waals surface area contributed by atoms with Crippen LogP contribution in [0.5, 0.6) is 5.75 Å². The minimum Gasteiger partial charge on any atom is -0.494 e. The molecule has 0 radical (unpaired) electrons. The maximum Gasteiger partial charge on any atom is 0.415 e. The molecule has 3 heterocycles.